The molecular weight excluding hydrogens is 343 g/mol. The summed E-state index contributed by atoms with van der Waals surface area (Å²) in [6.07, 6.45) is 2.78. The molecule has 134 valence electrons. The average Bonchev–Trinajstić information content (AvgIpc) is 2.54. The number of aliphatic hydroxyl groups is 1. The molecule has 0 spiro atoms. The first-order chi connectivity index (χ1) is 11.8. The Morgan fingerprint density at radius 3 is 2.72 bits per heavy atom. The number of rotatable bonds is 6. The van der Waals surface area contributed by atoms with Crippen molar-refractivity contribution in [3.05, 3.63) is 59.7 Å². The monoisotopic (exact) mass is 364 g/mol. The Hall–Kier alpha value is -1.83. The van der Waals surface area contributed by atoms with Crippen LogP contribution in [0.3, 0.4) is 0 Å². The van der Waals surface area contributed by atoms with Crippen molar-refractivity contribution in [2.45, 2.75) is 43.2 Å². The third-order valence-corrected chi connectivity index (χ3v) is 6.25. The second-order valence-electron chi connectivity index (χ2n) is 6.55. The molecule has 1 aliphatic carbocycles. The number of nitrogens with zero attached hydrogens (tertiary/aromatic N) is 1. The number of aromatic nitrogens is 1. The zero-order valence-electron chi connectivity index (χ0n) is 13.9. The fraction of sp³-hybridized carbons (Fsp3) is 0.389. The van der Waals surface area contributed by atoms with Crippen LogP contribution in [0.5, 0.6) is 0 Å². The summed E-state index contributed by atoms with van der Waals surface area (Å²) >= 11 is 0. The van der Waals surface area contributed by atoms with Gasteiger partial charge in [0.05, 0.1) is 11.0 Å². The van der Waals surface area contributed by atoms with Gasteiger partial charge in [-0.25, -0.2) is 17.5 Å². The topological polar surface area (TPSA) is 79.3 Å². The molecule has 0 bridgehead atoms. The summed E-state index contributed by atoms with van der Waals surface area (Å²) in [7, 11) is -3.87. The van der Waals surface area contributed by atoms with Gasteiger partial charge in [-0.1, -0.05) is 12.1 Å². The number of sulfonamides is 1. The maximum Gasteiger partial charge on any atom is 0.241 e. The predicted octanol–water partition coefficient (Wildman–Crippen LogP) is 2.19. The second kappa shape index (κ2) is 7.19. The molecule has 0 aliphatic heterocycles. The number of hydrogen-bond donors (Lipinski definition) is 2. The molecule has 3 rings (SSSR count). The molecule has 1 atom stereocenters. The molecule has 0 amide bonds. The number of aryl methyl sites for hydroxylation is 1. The molecule has 1 aliphatic rings. The van der Waals surface area contributed by atoms with Crippen molar-refractivity contribution < 1.29 is 17.9 Å². The van der Waals surface area contributed by atoms with Crippen LogP contribution in [0.2, 0.25) is 0 Å². The Bertz CT molecular complexity index is 837. The smallest absolute Gasteiger partial charge is 0.241 e. The van der Waals surface area contributed by atoms with E-state index >= 15 is 0 Å². The van der Waals surface area contributed by atoms with Crippen molar-refractivity contribution in [1.29, 1.82) is 0 Å². The maximum absolute atomic E-state index is 13.5. The summed E-state index contributed by atoms with van der Waals surface area (Å²) in [4.78, 5) is 4.20. The highest BCUT2D eigenvalue weighted by atomic mass is 32.2. The van der Waals surface area contributed by atoms with Gasteiger partial charge in [-0.05, 0) is 55.5 Å². The normalized spacial score (nSPS) is 21.6. The van der Waals surface area contributed by atoms with Crippen molar-refractivity contribution >= 4 is 10.0 Å². The fourth-order valence-corrected chi connectivity index (χ4v) is 4.69. The number of pyridine rings is 1. The lowest BCUT2D eigenvalue weighted by Gasteiger charge is -2.37. The summed E-state index contributed by atoms with van der Waals surface area (Å²) in [6, 6.07) is 8.80. The zero-order chi connectivity index (χ0) is 18.0. The minimum Gasteiger partial charge on any atom is -0.393 e. The summed E-state index contributed by atoms with van der Waals surface area (Å²) in [5.74, 6) is -0.563. The van der Waals surface area contributed by atoms with E-state index in [1.165, 1.54) is 12.1 Å². The van der Waals surface area contributed by atoms with Gasteiger partial charge in [0.15, 0.2) is 0 Å². The molecule has 25 heavy (non-hydrogen) atoms. The largest absolute Gasteiger partial charge is 0.393 e. The van der Waals surface area contributed by atoms with Gasteiger partial charge in [0.25, 0.3) is 0 Å². The Morgan fingerprint density at radius 1 is 1.32 bits per heavy atom. The van der Waals surface area contributed by atoms with Crippen LogP contribution in [0, 0.1) is 18.7 Å². The molecule has 2 aromatic rings. The molecule has 1 fully saturated rings. The quantitative estimate of drug-likeness (QED) is 0.824. The van der Waals surface area contributed by atoms with Crippen molar-refractivity contribution in [3.8, 4) is 0 Å². The lowest BCUT2D eigenvalue weighted by atomic mass is 9.76. The highest BCUT2D eigenvalue weighted by molar-refractivity contribution is 7.89. The third kappa shape index (κ3) is 4.23. The van der Waals surface area contributed by atoms with Crippen LogP contribution in [0.4, 0.5) is 4.39 Å². The van der Waals surface area contributed by atoms with E-state index in [0.29, 0.717) is 24.8 Å². The third-order valence-electron chi connectivity index (χ3n) is 4.62. The van der Waals surface area contributed by atoms with Crippen LogP contribution >= 0.6 is 0 Å². The van der Waals surface area contributed by atoms with Crippen LogP contribution < -0.4 is 4.72 Å². The van der Waals surface area contributed by atoms with Crippen molar-refractivity contribution in [3.63, 3.8) is 0 Å². The number of aliphatic hydroxyl groups excluding tert-OH is 1. The van der Waals surface area contributed by atoms with E-state index in [0.717, 1.165) is 11.8 Å². The van der Waals surface area contributed by atoms with E-state index in [2.05, 4.69) is 9.71 Å². The van der Waals surface area contributed by atoms with E-state index < -0.39 is 28.0 Å². The van der Waals surface area contributed by atoms with Gasteiger partial charge >= 0.3 is 0 Å². The van der Waals surface area contributed by atoms with E-state index in [1.807, 2.05) is 12.1 Å². The standard InChI is InChI=1S/C18H21FN2O3S/c1-12-5-6-14(19)10-18(12)25(23,24)21-17(13-8-16(22)9-13)11-15-4-2-3-7-20-15/h2-7,10,13,16-17,21-22H,8-9,11H2,1H3/t13?,16?,17-/m0/s1. The Morgan fingerprint density at radius 2 is 2.08 bits per heavy atom. The Balaban J connectivity index is 1.85. The van der Waals surface area contributed by atoms with E-state index in [4.69, 9.17) is 0 Å². The second-order valence-corrected chi connectivity index (χ2v) is 8.23. The molecule has 1 aromatic heterocycles. The van der Waals surface area contributed by atoms with Gasteiger partial charge < -0.3 is 5.11 Å². The molecule has 5 nitrogen and oxygen atoms in total. The lowest BCUT2D eigenvalue weighted by Crippen LogP contribution is -2.48. The van der Waals surface area contributed by atoms with Gasteiger partial charge in [-0.15, -0.1) is 0 Å². The summed E-state index contributed by atoms with van der Waals surface area (Å²) < 4.78 is 41.8. The van der Waals surface area contributed by atoms with Crippen LogP contribution in [0.25, 0.3) is 0 Å². The zero-order valence-corrected chi connectivity index (χ0v) is 14.7. The number of hydrogen-bond acceptors (Lipinski definition) is 4. The molecule has 0 radical (unpaired) electrons. The first kappa shape index (κ1) is 18.0. The van der Waals surface area contributed by atoms with E-state index in [9.17, 15) is 17.9 Å². The molecule has 1 aromatic carbocycles. The molecule has 7 heteroatoms. The number of benzene rings is 1. The average molecular weight is 364 g/mol. The molecule has 2 N–H and O–H groups in total. The van der Waals surface area contributed by atoms with Gasteiger partial charge in [0.2, 0.25) is 10.0 Å². The van der Waals surface area contributed by atoms with Crippen molar-refractivity contribution in [2.75, 3.05) is 0 Å². The molecule has 0 unspecified atom stereocenters. The van der Waals surface area contributed by atoms with Crippen LogP contribution in [0.15, 0.2) is 47.5 Å². The molecule has 1 saturated carbocycles. The predicted molar refractivity (Wildman–Crippen MR) is 91.9 cm³/mol. The van der Waals surface area contributed by atoms with Gasteiger partial charge in [-0.2, -0.15) is 0 Å². The highest BCUT2D eigenvalue weighted by Gasteiger charge is 2.36. The molecular formula is C18H21FN2O3S. The first-order valence-corrected chi connectivity index (χ1v) is 9.70. The molecule has 0 saturated heterocycles. The summed E-state index contributed by atoms with van der Waals surface area (Å²) in [6.45, 7) is 1.63. The van der Waals surface area contributed by atoms with Crippen LogP contribution in [0.1, 0.15) is 24.1 Å². The minimum absolute atomic E-state index is 0.0284. The van der Waals surface area contributed by atoms with Crippen molar-refractivity contribution in [1.82, 2.24) is 9.71 Å². The van der Waals surface area contributed by atoms with Crippen LogP contribution in [-0.4, -0.2) is 30.7 Å². The maximum atomic E-state index is 13.5. The summed E-state index contributed by atoms with van der Waals surface area (Å²) in [5.41, 5.74) is 1.26. The Labute approximate surface area is 147 Å². The van der Waals surface area contributed by atoms with Gasteiger partial charge in [0, 0.05) is 24.4 Å². The Kier molecular flexibility index (Phi) is 5.17. The number of nitrogens with one attached hydrogen (secondary N) is 1. The minimum atomic E-state index is -3.87. The fourth-order valence-electron chi connectivity index (χ4n) is 3.13. The number of halogens is 1. The SMILES string of the molecule is Cc1ccc(F)cc1S(=O)(=O)N[C@@H](Cc1ccccn1)C1CC(O)C1. The van der Waals surface area contributed by atoms with Gasteiger partial charge in [0.1, 0.15) is 5.82 Å². The van der Waals surface area contributed by atoms with Gasteiger partial charge in [-0.3, -0.25) is 4.98 Å². The highest BCUT2D eigenvalue weighted by Crippen LogP contribution is 2.32. The van der Waals surface area contributed by atoms with Crippen molar-refractivity contribution in [2.24, 2.45) is 5.92 Å². The molecule has 1 heterocycles. The lowest BCUT2D eigenvalue weighted by molar-refractivity contribution is 0.0282. The first-order valence-electron chi connectivity index (χ1n) is 8.21. The van der Waals surface area contributed by atoms with E-state index in [1.54, 1.807) is 19.2 Å². The van der Waals surface area contributed by atoms with E-state index in [-0.39, 0.29) is 10.8 Å². The summed E-state index contributed by atoms with van der Waals surface area (Å²) in [5, 5.41) is 9.59. The van der Waals surface area contributed by atoms with Crippen LogP contribution in [-0.2, 0) is 16.4 Å².